The lowest BCUT2D eigenvalue weighted by atomic mass is 9.97. The number of aromatic nitrogens is 5. The number of alkyl halides is 3. The highest BCUT2D eigenvalue weighted by atomic mass is 79.9. The summed E-state index contributed by atoms with van der Waals surface area (Å²) in [6, 6.07) is 0.171. The second-order valence-corrected chi connectivity index (χ2v) is 9.52. The molecular weight excluding hydrogens is 539 g/mol. The molecular formula is C17H15BrF3N5O4S2. The number of rotatable bonds is 5. The first-order valence-electron chi connectivity index (χ1n) is 9.01. The molecule has 1 fully saturated rings. The number of thioether (sulfide) groups is 1. The minimum atomic E-state index is -4.62. The van der Waals surface area contributed by atoms with Crippen LogP contribution in [0.1, 0.15) is 11.7 Å². The summed E-state index contributed by atoms with van der Waals surface area (Å²) >= 11 is 5.13. The van der Waals surface area contributed by atoms with E-state index >= 15 is 0 Å². The fraction of sp³-hybridized carbons (Fsp3) is 0.412. The van der Waals surface area contributed by atoms with Gasteiger partial charge in [-0.1, -0.05) is 17.0 Å². The molecule has 1 aliphatic heterocycles. The van der Waals surface area contributed by atoms with Crippen molar-refractivity contribution in [3.8, 4) is 11.4 Å². The molecule has 3 aromatic rings. The van der Waals surface area contributed by atoms with Crippen molar-refractivity contribution in [2.24, 2.45) is 0 Å². The van der Waals surface area contributed by atoms with E-state index in [0.29, 0.717) is 11.4 Å². The highest BCUT2D eigenvalue weighted by Gasteiger charge is 2.46. The van der Waals surface area contributed by atoms with Crippen LogP contribution in [0.2, 0.25) is 0 Å². The van der Waals surface area contributed by atoms with Crippen molar-refractivity contribution in [3.05, 3.63) is 39.5 Å². The van der Waals surface area contributed by atoms with E-state index < -0.39 is 48.3 Å². The molecule has 9 nitrogen and oxygen atoms in total. The van der Waals surface area contributed by atoms with Crippen LogP contribution in [0.4, 0.5) is 13.2 Å². The predicted octanol–water partition coefficient (Wildman–Crippen LogP) is 2.35. The van der Waals surface area contributed by atoms with Crippen LogP contribution in [0.15, 0.2) is 38.7 Å². The molecule has 0 saturated carbocycles. The van der Waals surface area contributed by atoms with E-state index in [9.17, 15) is 28.5 Å². The maximum Gasteiger partial charge on any atom is 0.434 e. The quantitative estimate of drug-likeness (QED) is 0.436. The highest BCUT2D eigenvalue weighted by molar-refractivity contribution is 9.10. The lowest BCUT2D eigenvalue weighted by molar-refractivity contribution is -0.178. The summed E-state index contributed by atoms with van der Waals surface area (Å²) in [7, 11) is 0. The van der Waals surface area contributed by atoms with Crippen molar-refractivity contribution < 1.29 is 33.2 Å². The first-order chi connectivity index (χ1) is 15.2. The number of aliphatic hydroxyl groups is 3. The molecule has 0 radical (unpaired) electrons. The van der Waals surface area contributed by atoms with Gasteiger partial charge in [0.1, 0.15) is 41.2 Å². The van der Waals surface area contributed by atoms with Gasteiger partial charge in [-0.2, -0.15) is 13.2 Å². The molecule has 0 aromatic carbocycles. The fourth-order valence-corrected chi connectivity index (χ4v) is 5.52. The Balaban J connectivity index is 1.59. The zero-order valence-corrected chi connectivity index (χ0v) is 19.0. The Bertz CT molecular complexity index is 1070. The summed E-state index contributed by atoms with van der Waals surface area (Å²) in [6.45, 7) is -0.552. The number of hydrogen-bond acceptors (Lipinski definition) is 10. The number of pyridine rings is 1. The van der Waals surface area contributed by atoms with E-state index in [1.807, 2.05) is 0 Å². The molecule has 0 bridgehead atoms. The second-order valence-electron chi connectivity index (χ2n) is 6.77. The van der Waals surface area contributed by atoms with Crippen LogP contribution in [0.25, 0.3) is 11.4 Å². The van der Waals surface area contributed by atoms with E-state index in [1.165, 1.54) is 28.3 Å². The topological polar surface area (TPSA) is 126 Å². The Kier molecular flexibility index (Phi) is 6.86. The van der Waals surface area contributed by atoms with Gasteiger partial charge >= 0.3 is 6.18 Å². The molecule has 0 aliphatic carbocycles. The number of halogens is 4. The third kappa shape index (κ3) is 4.69. The smallest absolute Gasteiger partial charge is 0.394 e. The Hall–Kier alpha value is -1.62. The molecule has 4 heterocycles. The average Bonchev–Trinajstić information content (AvgIpc) is 3.41. The van der Waals surface area contributed by atoms with Gasteiger partial charge in [0.15, 0.2) is 5.69 Å². The zero-order valence-electron chi connectivity index (χ0n) is 15.8. The summed E-state index contributed by atoms with van der Waals surface area (Å²) in [4.78, 5) is 7.86. The summed E-state index contributed by atoms with van der Waals surface area (Å²) in [6.07, 6.45) is -5.85. The van der Waals surface area contributed by atoms with Crippen LogP contribution in [-0.2, 0) is 10.9 Å². The Morgan fingerprint density at radius 1 is 1.22 bits per heavy atom. The first-order valence-corrected chi connectivity index (χ1v) is 11.6. The predicted molar refractivity (Wildman–Crippen MR) is 111 cm³/mol. The van der Waals surface area contributed by atoms with Gasteiger partial charge in [-0.3, -0.25) is 0 Å². The van der Waals surface area contributed by atoms with Crippen molar-refractivity contribution in [2.45, 2.75) is 40.9 Å². The third-order valence-corrected chi connectivity index (χ3v) is 7.00. The van der Waals surface area contributed by atoms with Crippen molar-refractivity contribution in [2.75, 3.05) is 6.61 Å². The van der Waals surface area contributed by atoms with Gasteiger partial charge in [-0.15, -0.1) is 16.4 Å². The molecule has 0 amide bonds. The molecule has 1 aliphatic rings. The molecule has 3 N–H and O–H groups in total. The normalized spacial score (nSPS) is 26.4. The molecule has 4 rings (SSSR count). The summed E-state index contributed by atoms with van der Waals surface area (Å²) in [5.74, 6) is 0. The highest BCUT2D eigenvalue weighted by Crippen LogP contribution is 2.40. The lowest BCUT2D eigenvalue weighted by Crippen LogP contribution is -2.55. The maximum atomic E-state index is 12.9. The number of aliphatic hydroxyl groups excluding tert-OH is 3. The van der Waals surface area contributed by atoms with Crippen molar-refractivity contribution in [1.82, 2.24) is 25.0 Å². The van der Waals surface area contributed by atoms with Crippen LogP contribution in [0, 0.1) is 0 Å². The van der Waals surface area contributed by atoms with Gasteiger partial charge in [-0.25, -0.2) is 14.6 Å². The molecule has 5 atom stereocenters. The maximum absolute atomic E-state index is 12.9. The molecule has 3 aromatic heterocycles. The van der Waals surface area contributed by atoms with Gasteiger partial charge in [0.05, 0.1) is 18.3 Å². The Labute approximate surface area is 195 Å². The fourth-order valence-electron chi connectivity index (χ4n) is 3.18. The van der Waals surface area contributed by atoms with Crippen LogP contribution in [0.3, 0.4) is 0 Å². The van der Waals surface area contributed by atoms with Crippen LogP contribution < -0.4 is 0 Å². The molecule has 1 saturated heterocycles. The Morgan fingerprint density at radius 3 is 2.62 bits per heavy atom. The third-order valence-electron chi connectivity index (χ3n) is 4.70. The monoisotopic (exact) mass is 553 g/mol. The Morgan fingerprint density at radius 2 is 2.00 bits per heavy atom. The number of hydrogen-bond donors (Lipinski definition) is 3. The van der Waals surface area contributed by atoms with Crippen LogP contribution in [-0.4, -0.2) is 70.6 Å². The van der Waals surface area contributed by atoms with E-state index in [-0.39, 0.29) is 9.37 Å². The van der Waals surface area contributed by atoms with E-state index in [0.717, 1.165) is 18.0 Å². The van der Waals surface area contributed by atoms with Gasteiger partial charge in [0, 0.05) is 20.9 Å². The number of ether oxygens (including phenoxy) is 1. The van der Waals surface area contributed by atoms with E-state index in [1.54, 1.807) is 10.9 Å². The molecule has 4 unspecified atom stereocenters. The SMILES string of the molecule is OCC1OC(Sc2cnc(C(F)(F)F)c(Br)c2)[C@@H](O)C(n2cc(-c3cscn3)nn2)C1O. The van der Waals surface area contributed by atoms with Crippen LogP contribution in [0.5, 0.6) is 0 Å². The average molecular weight is 554 g/mol. The van der Waals surface area contributed by atoms with E-state index in [4.69, 9.17) is 4.74 Å². The number of thiazole rings is 1. The van der Waals surface area contributed by atoms with Gasteiger partial charge < -0.3 is 20.1 Å². The lowest BCUT2D eigenvalue weighted by Gasteiger charge is -2.41. The molecule has 15 heteroatoms. The zero-order chi connectivity index (χ0) is 23.0. The molecule has 32 heavy (non-hydrogen) atoms. The standard InChI is InChI=1S/C17H15BrF3N5O4S2/c18-8-1-7(2-22-15(8)17(19,20)21)32-16-14(29)12(13(28)11(4-27)30-16)26-3-9(24-25-26)10-5-31-6-23-10/h1-3,5-6,11-14,16,27-29H,4H2/t11?,12?,13?,14-,16?/m0/s1. The molecule has 0 spiro atoms. The van der Waals surface area contributed by atoms with Crippen molar-refractivity contribution >= 4 is 39.0 Å². The van der Waals surface area contributed by atoms with E-state index in [2.05, 4.69) is 36.2 Å². The molecule has 172 valence electrons. The van der Waals surface area contributed by atoms with Gasteiger partial charge in [-0.05, 0) is 22.0 Å². The van der Waals surface area contributed by atoms with Gasteiger partial charge in [0.25, 0.3) is 0 Å². The van der Waals surface area contributed by atoms with Crippen molar-refractivity contribution in [3.63, 3.8) is 0 Å². The number of nitrogens with zero attached hydrogens (tertiary/aromatic N) is 5. The summed E-state index contributed by atoms with van der Waals surface area (Å²) in [5, 5.41) is 41.0. The summed E-state index contributed by atoms with van der Waals surface area (Å²) in [5.41, 5.74) is 0.501. The first kappa shape index (κ1) is 23.5. The van der Waals surface area contributed by atoms with Crippen LogP contribution >= 0.6 is 39.0 Å². The largest absolute Gasteiger partial charge is 0.434 e. The van der Waals surface area contributed by atoms with Crippen molar-refractivity contribution in [1.29, 1.82) is 0 Å². The summed E-state index contributed by atoms with van der Waals surface area (Å²) < 4.78 is 45.4. The second kappa shape index (κ2) is 9.32. The van der Waals surface area contributed by atoms with Gasteiger partial charge in [0.2, 0.25) is 0 Å². The minimum Gasteiger partial charge on any atom is -0.394 e. The minimum absolute atomic E-state index is 0.264.